The Bertz CT molecular complexity index is 1250. The molecule has 158 valence electrons. The molecule has 2 aromatic heterocycles. The zero-order valence-corrected chi connectivity index (χ0v) is 17.3. The number of carbonyl (C=O) groups is 2. The van der Waals surface area contributed by atoms with E-state index < -0.39 is 12.3 Å². The van der Waals surface area contributed by atoms with Crippen molar-refractivity contribution >= 4 is 22.8 Å². The summed E-state index contributed by atoms with van der Waals surface area (Å²) in [4.78, 5) is 40.2. The summed E-state index contributed by atoms with van der Waals surface area (Å²) in [6.45, 7) is 2.50. The maximum absolute atomic E-state index is 12.6. The van der Waals surface area contributed by atoms with E-state index in [1.54, 1.807) is 4.90 Å². The zero-order chi connectivity index (χ0) is 21.3. The maximum atomic E-state index is 12.6. The third-order valence-corrected chi connectivity index (χ3v) is 6.36. The number of hydrogen-bond donors (Lipinski definition) is 2. The third kappa shape index (κ3) is 2.80. The Morgan fingerprint density at radius 3 is 2.81 bits per heavy atom. The number of amides is 2. The lowest BCUT2D eigenvalue weighted by Gasteiger charge is -2.31. The highest BCUT2D eigenvalue weighted by atomic mass is 16.7. The summed E-state index contributed by atoms with van der Waals surface area (Å²) < 4.78 is 2.16. The largest absolute Gasteiger partial charge is 0.427 e. The normalized spacial score (nSPS) is 23.1. The molecule has 3 aliphatic rings. The van der Waals surface area contributed by atoms with Crippen LogP contribution in [0.1, 0.15) is 55.1 Å². The molecule has 0 spiro atoms. The van der Waals surface area contributed by atoms with E-state index in [2.05, 4.69) is 26.4 Å². The molecule has 1 saturated carbocycles. The number of carbonyl (C=O) groups excluding carboxylic acids is 2. The third-order valence-electron chi connectivity index (χ3n) is 6.36. The van der Waals surface area contributed by atoms with E-state index in [-0.39, 0.29) is 11.9 Å². The summed E-state index contributed by atoms with van der Waals surface area (Å²) in [6, 6.07) is 7.77. The van der Waals surface area contributed by atoms with Crippen LogP contribution in [0.25, 0.3) is 22.0 Å². The van der Waals surface area contributed by atoms with Crippen LogP contribution in [0.4, 0.5) is 4.79 Å². The summed E-state index contributed by atoms with van der Waals surface area (Å²) in [5.41, 5.74) is 6.30. The minimum atomic E-state index is -0.523. The highest BCUT2D eigenvalue weighted by Gasteiger charge is 2.38. The first kappa shape index (κ1) is 18.3. The molecule has 2 fully saturated rings. The number of nitrogens with one attached hydrogen (secondary N) is 2. The fourth-order valence-corrected chi connectivity index (χ4v) is 4.62. The minimum Gasteiger partial charge on any atom is -0.351 e. The van der Waals surface area contributed by atoms with Gasteiger partial charge in [-0.3, -0.25) is 15.1 Å². The molecule has 9 heteroatoms. The fourth-order valence-electron chi connectivity index (χ4n) is 4.62. The van der Waals surface area contributed by atoms with Gasteiger partial charge >= 0.3 is 6.09 Å². The number of hydroxylamine groups is 1. The number of fused-ring (bicyclic) bond motifs is 2. The Balaban J connectivity index is 1.50. The van der Waals surface area contributed by atoms with E-state index in [1.165, 1.54) is 0 Å². The fraction of sp³-hybridized carbons (Fsp3) is 0.364. The van der Waals surface area contributed by atoms with Crippen LogP contribution in [0.3, 0.4) is 0 Å². The standard InChI is InChI=1S/C22H22N6O3/c1-11-21(29)27(2)10-17-18(24-20(28(11)17)12-6-7-12)14-5-3-4-13-8-16(23-9-15(13)14)19-25-22(30)31-26-19/h3-5,8-9,11-12,19,26H,6-7,10H2,1-2H3,(H,25,30)/t11-,19?/m0/s1. The predicted octanol–water partition coefficient (Wildman–Crippen LogP) is 2.75. The van der Waals surface area contributed by atoms with Gasteiger partial charge in [0.05, 0.1) is 23.6 Å². The topological polar surface area (TPSA) is 101 Å². The molecule has 0 radical (unpaired) electrons. The molecule has 31 heavy (non-hydrogen) atoms. The molecule has 9 nitrogen and oxygen atoms in total. The summed E-state index contributed by atoms with van der Waals surface area (Å²) in [5, 5.41) is 4.64. The molecule has 4 heterocycles. The quantitative estimate of drug-likeness (QED) is 0.678. The van der Waals surface area contributed by atoms with Crippen LogP contribution >= 0.6 is 0 Å². The van der Waals surface area contributed by atoms with Crippen molar-refractivity contribution in [3.05, 3.63) is 47.7 Å². The highest BCUT2D eigenvalue weighted by molar-refractivity contribution is 5.96. The van der Waals surface area contributed by atoms with Gasteiger partial charge in [-0.25, -0.2) is 9.78 Å². The average Bonchev–Trinajstić information content (AvgIpc) is 3.42. The maximum Gasteiger partial charge on any atom is 0.427 e. The molecule has 1 aliphatic carbocycles. The van der Waals surface area contributed by atoms with Gasteiger partial charge in [-0.2, -0.15) is 0 Å². The molecule has 6 rings (SSSR count). The van der Waals surface area contributed by atoms with Crippen molar-refractivity contribution in [1.82, 2.24) is 30.2 Å². The van der Waals surface area contributed by atoms with Gasteiger partial charge in [-0.05, 0) is 31.2 Å². The Labute approximate surface area is 178 Å². The van der Waals surface area contributed by atoms with E-state index in [9.17, 15) is 9.59 Å². The number of nitrogens with zero attached hydrogens (tertiary/aromatic N) is 4. The van der Waals surface area contributed by atoms with Crippen LogP contribution in [0.15, 0.2) is 30.5 Å². The first-order valence-electron chi connectivity index (χ1n) is 10.5. The molecule has 1 saturated heterocycles. The van der Waals surface area contributed by atoms with Crippen molar-refractivity contribution in [1.29, 1.82) is 0 Å². The van der Waals surface area contributed by atoms with Crippen LogP contribution in [0.5, 0.6) is 0 Å². The van der Waals surface area contributed by atoms with Gasteiger partial charge in [0, 0.05) is 30.1 Å². The lowest BCUT2D eigenvalue weighted by atomic mass is 10.0. The second-order valence-electron chi connectivity index (χ2n) is 8.50. The van der Waals surface area contributed by atoms with E-state index in [4.69, 9.17) is 9.82 Å². The van der Waals surface area contributed by atoms with Crippen molar-refractivity contribution in [2.45, 2.75) is 44.4 Å². The van der Waals surface area contributed by atoms with Crippen LogP contribution < -0.4 is 10.8 Å². The minimum absolute atomic E-state index is 0.121. The van der Waals surface area contributed by atoms with Crippen LogP contribution in [-0.2, 0) is 16.2 Å². The van der Waals surface area contributed by atoms with Gasteiger partial charge in [-0.15, -0.1) is 5.48 Å². The first-order chi connectivity index (χ1) is 15.0. The number of rotatable bonds is 3. The van der Waals surface area contributed by atoms with Crippen molar-refractivity contribution in [2.75, 3.05) is 7.05 Å². The smallest absolute Gasteiger partial charge is 0.351 e. The number of imidazole rings is 1. The van der Waals surface area contributed by atoms with Crippen molar-refractivity contribution in [3.63, 3.8) is 0 Å². The Hall–Kier alpha value is -3.46. The molecule has 1 unspecified atom stereocenters. The van der Waals surface area contributed by atoms with E-state index in [1.807, 2.05) is 38.4 Å². The van der Waals surface area contributed by atoms with Gasteiger partial charge in [0.1, 0.15) is 11.9 Å². The number of likely N-dealkylation sites (N-methyl/N-ethyl adjacent to an activating group) is 1. The van der Waals surface area contributed by atoms with Gasteiger partial charge in [0.25, 0.3) is 0 Å². The number of hydrogen-bond acceptors (Lipinski definition) is 6. The van der Waals surface area contributed by atoms with Crippen LogP contribution in [-0.4, -0.2) is 38.5 Å². The van der Waals surface area contributed by atoms with Gasteiger partial charge in [-0.1, -0.05) is 18.2 Å². The van der Waals surface area contributed by atoms with E-state index in [0.717, 1.165) is 46.4 Å². The molecule has 0 bridgehead atoms. The molecule has 2 amide bonds. The summed E-state index contributed by atoms with van der Waals surface area (Å²) in [6.07, 6.45) is 3.05. The van der Waals surface area contributed by atoms with Crippen molar-refractivity contribution in [3.8, 4) is 11.3 Å². The predicted molar refractivity (Wildman–Crippen MR) is 112 cm³/mol. The van der Waals surface area contributed by atoms with Crippen molar-refractivity contribution in [2.24, 2.45) is 0 Å². The van der Waals surface area contributed by atoms with Gasteiger partial charge in [0.15, 0.2) is 6.17 Å². The molecule has 2 atom stereocenters. The second kappa shape index (κ2) is 6.52. The average molecular weight is 418 g/mol. The molecule has 3 aromatic rings. The SMILES string of the molecule is C[C@H]1C(=O)N(C)Cc2c(-c3cccc4cc(C5NOC(=O)N5)ncc34)nc(C3CC3)n21. The molecule has 1 aromatic carbocycles. The van der Waals surface area contributed by atoms with E-state index in [0.29, 0.717) is 18.2 Å². The van der Waals surface area contributed by atoms with Gasteiger partial charge in [0.2, 0.25) is 5.91 Å². The lowest BCUT2D eigenvalue weighted by Crippen LogP contribution is -2.39. The van der Waals surface area contributed by atoms with Crippen LogP contribution in [0.2, 0.25) is 0 Å². The van der Waals surface area contributed by atoms with Crippen molar-refractivity contribution < 1.29 is 14.4 Å². The Kier molecular flexibility index (Phi) is 3.85. The summed E-state index contributed by atoms with van der Waals surface area (Å²) in [5.74, 6) is 1.58. The number of aromatic nitrogens is 3. The summed E-state index contributed by atoms with van der Waals surface area (Å²) >= 11 is 0. The molecule has 2 aliphatic heterocycles. The van der Waals surface area contributed by atoms with Gasteiger partial charge < -0.3 is 14.3 Å². The second-order valence-corrected chi connectivity index (χ2v) is 8.50. The van der Waals surface area contributed by atoms with Crippen LogP contribution in [0, 0.1) is 0 Å². The number of benzene rings is 1. The zero-order valence-electron chi connectivity index (χ0n) is 17.3. The highest BCUT2D eigenvalue weighted by Crippen LogP contribution is 2.45. The first-order valence-corrected chi connectivity index (χ1v) is 10.5. The monoisotopic (exact) mass is 418 g/mol. The molecular formula is C22H22N6O3. The lowest BCUT2D eigenvalue weighted by molar-refractivity contribution is -0.135. The Morgan fingerprint density at radius 1 is 1.23 bits per heavy atom. The van der Waals surface area contributed by atoms with E-state index >= 15 is 0 Å². The summed E-state index contributed by atoms with van der Waals surface area (Å²) in [7, 11) is 1.85. The number of pyridine rings is 1. The Morgan fingerprint density at radius 2 is 2.06 bits per heavy atom. The molecule has 2 N–H and O–H groups in total. The molecular weight excluding hydrogens is 396 g/mol.